The van der Waals surface area contributed by atoms with Crippen LogP contribution in [0.1, 0.15) is 56.6 Å². The minimum Gasteiger partial charge on any atom is -0.351 e. The number of pyridine rings is 1. The molecule has 1 saturated carbocycles. The molecule has 3 aromatic rings. The number of amides is 3. The molecule has 0 bridgehead atoms. The molecule has 0 radical (unpaired) electrons. The van der Waals surface area contributed by atoms with E-state index < -0.39 is 29.5 Å². The van der Waals surface area contributed by atoms with Gasteiger partial charge >= 0.3 is 0 Å². The first-order valence-corrected chi connectivity index (χ1v) is 13.2. The first kappa shape index (κ1) is 28.2. The van der Waals surface area contributed by atoms with Crippen molar-refractivity contribution in [2.24, 2.45) is 0 Å². The lowest BCUT2D eigenvalue weighted by atomic mass is 10.0. The Kier molecular flexibility index (Phi) is 9.59. The average molecular weight is 555 g/mol. The molecule has 2 aromatic carbocycles. The van der Waals surface area contributed by atoms with Crippen molar-refractivity contribution in [2.45, 2.75) is 57.0 Å². The predicted molar refractivity (Wildman–Crippen MR) is 145 cm³/mol. The number of carbonyl (C=O) groups is 3. The Balaban J connectivity index is 1.59. The number of rotatable bonds is 10. The smallest absolute Gasteiger partial charge is 0.248 e. The molecule has 0 aliphatic heterocycles. The van der Waals surface area contributed by atoms with Gasteiger partial charge in [0.25, 0.3) is 0 Å². The fourth-order valence-corrected chi connectivity index (χ4v) is 4.82. The van der Waals surface area contributed by atoms with Crippen LogP contribution < -0.4 is 15.5 Å². The maximum absolute atomic E-state index is 14.0. The Hall–Kier alpha value is -3.85. The zero-order valence-corrected chi connectivity index (χ0v) is 22.0. The molecule has 1 heterocycles. The van der Waals surface area contributed by atoms with Gasteiger partial charge in [0.2, 0.25) is 17.7 Å². The van der Waals surface area contributed by atoms with Crippen molar-refractivity contribution < 1.29 is 23.2 Å². The standard InChI is InChI=1S/C29H29ClF2N4O3/c30-23-18-22(15-16-24(23)32)36(27(38)10-5-9-26(37)35-25-8-3-4-17-33-25)28(19-11-13-20(31)14-12-19)29(39)34-21-6-1-2-7-21/h3-4,8,11-18,21,28H,1-2,5-7,9-10H2,(H,34,39)(H,33,35,37). The maximum Gasteiger partial charge on any atom is 0.248 e. The largest absolute Gasteiger partial charge is 0.351 e. The summed E-state index contributed by atoms with van der Waals surface area (Å²) in [6, 6.07) is 13.0. The van der Waals surface area contributed by atoms with Gasteiger partial charge in [-0.3, -0.25) is 19.3 Å². The summed E-state index contributed by atoms with van der Waals surface area (Å²) in [5, 5.41) is 5.48. The summed E-state index contributed by atoms with van der Waals surface area (Å²) in [5.74, 6) is -1.99. The number of halogens is 3. The number of nitrogens with zero attached hydrogens (tertiary/aromatic N) is 2. The zero-order chi connectivity index (χ0) is 27.8. The second kappa shape index (κ2) is 13.3. The Morgan fingerprint density at radius 1 is 1.00 bits per heavy atom. The van der Waals surface area contributed by atoms with E-state index in [1.807, 2.05) is 0 Å². The monoisotopic (exact) mass is 554 g/mol. The minimum absolute atomic E-state index is 0.0375. The molecule has 0 spiro atoms. The van der Waals surface area contributed by atoms with Crippen molar-refractivity contribution in [2.75, 3.05) is 10.2 Å². The van der Waals surface area contributed by atoms with Gasteiger partial charge in [0.05, 0.1) is 5.02 Å². The number of hydrogen-bond donors (Lipinski definition) is 2. The van der Waals surface area contributed by atoms with E-state index in [-0.39, 0.29) is 41.9 Å². The molecule has 0 saturated heterocycles. The highest BCUT2D eigenvalue weighted by Gasteiger charge is 2.34. The predicted octanol–water partition coefficient (Wildman–Crippen LogP) is 5.96. The third kappa shape index (κ3) is 7.60. The molecule has 7 nitrogen and oxygen atoms in total. The van der Waals surface area contributed by atoms with Crippen molar-refractivity contribution >= 4 is 40.8 Å². The summed E-state index contributed by atoms with van der Waals surface area (Å²) in [7, 11) is 0. The Labute approximate surface area is 230 Å². The molecule has 1 aromatic heterocycles. The highest BCUT2D eigenvalue weighted by atomic mass is 35.5. The Bertz CT molecular complexity index is 1300. The lowest BCUT2D eigenvalue weighted by molar-refractivity contribution is -0.127. The van der Waals surface area contributed by atoms with Crippen LogP contribution in [0, 0.1) is 11.6 Å². The maximum atomic E-state index is 14.0. The summed E-state index contributed by atoms with van der Waals surface area (Å²) in [5.41, 5.74) is 0.592. The van der Waals surface area contributed by atoms with Crippen LogP contribution in [0.25, 0.3) is 0 Å². The lowest BCUT2D eigenvalue weighted by Crippen LogP contribution is -2.46. The molecule has 3 amide bonds. The fourth-order valence-electron chi connectivity index (χ4n) is 4.65. The summed E-state index contributed by atoms with van der Waals surface area (Å²) in [6.45, 7) is 0. The van der Waals surface area contributed by atoms with Gasteiger partial charge in [-0.1, -0.05) is 42.6 Å². The fraction of sp³-hybridized carbons (Fsp3) is 0.310. The molecule has 1 aliphatic rings. The second-order valence-corrected chi connectivity index (χ2v) is 9.83. The molecule has 4 rings (SSSR count). The molecule has 204 valence electrons. The first-order valence-electron chi connectivity index (χ1n) is 12.9. The molecule has 39 heavy (non-hydrogen) atoms. The Morgan fingerprint density at radius 2 is 1.74 bits per heavy atom. The summed E-state index contributed by atoms with van der Waals surface area (Å²) < 4.78 is 27.8. The summed E-state index contributed by atoms with van der Waals surface area (Å²) in [6.07, 6.45) is 5.31. The van der Waals surface area contributed by atoms with E-state index in [0.29, 0.717) is 11.4 Å². The molecule has 10 heteroatoms. The lowest BCUT2D eigenvalue weighted by Gasteiger charge is -2.32. The molecular weight excluding hydrogens is 526 g/mol. The van der Waals surface area contributed by atoms with Gasteiger partial charge in [0.15, 0.2) is 0 Å². The van der Waals surface area contributed by atoms with Crippen molar-refractivity contribution in [3.8, 4) is 0 Å². The van der Waals surface area contributed by atoms with Gasteiger partial charge in [0.1, 0.15) is 23.5 Å². The summed E-state index contributed by atoms with van der Waals surface area (Å²) >= 11 is 6.05. The van der Waals surface area contributed by atoms with Crippen LogP contribution in [-0.4, -0.2) is 28.7 Å². The molecular formula is C29H29ClF2N4O3. The van der Waals surface area contributed by atoms with E-state index in [2.05, 4.69) is 15.6 Å². The zero-order valence-electron chi connectivity index (χ0n) is 21.2. The van der Waals surface area contributed by atoms with E-state index in [1.165, 1.54) is 41.3 Å². The minimum atomic E-state index is -1.16. The van der Waals surface area contributed by atoms with Crippen molar-refractivity contribution in [1.29, 1.82) is 0 Å². The summed E-state index contributed by atoms with van der Waals surface area (Å²) in [4.78, 5) is 45.0. The van der Waals surface area contributed by atoms with E-state index >= 15 is 0 Å². The van der Waals surface area contributed by atoms with E-state index in [0.717, 1.165) is 31.7 Å². The average Bonchev–Trinajstić information content (AvgIpc) is 3.43. The van der Waals surface area contributed by atoms with Crippen molar-refractivity contribution in [3.05, 3.63) is 89.1 Å². The van der Waals surface area contributed by atoms with Gasteiger partial charge in [-0.05, 0) is 67.3 Å². The van der Waals surface area contributed by atoms with Crippen LogP contribution >= 0.6 is 11.6 Å². The number of nitrogens with one attached hydrogen (secondary N) is 2. The molecule has 1 unspecified atom stereocenters. The van der Waals surface area contributed by atoms with Crippen LogP contribution in [0.2, 0.25) is 5.02 Å². The van der Waals surface area contributed by atoms with Crippen LogP contribution in [-0.2, 0) is 14.4 Å². The van der Waals surface area contributed by atoms with Gasteiger partial charge < -0.3 is 10.6 Å². The van der Waals surface area contributed by atoms with Gasteiger partial charge in [-0.2, -0.15) is 0 Å². The quantitative estimate of drug-likeness (QED) is 0.324. The second-order valence-electron chi connectivity index (χ2n) is 9.42. The topological polar surface area (TPSA) is 91.4 Å². The number of anilines is 2. The van der Waals surface area contributed by atoms with Crippen LogP contribution in [0.4, 0.5) is 20.3 Å². The molecule has 1 aliphatic carbocycles. The van der Waals surface area contributed by atoms with E-state index in [1.54, 1.807) is 24.4 Å². The number of benzene rings is 2. The van der Waals surface area contributed by atoms with Gasteiger partial charge in [0, 0.05) is 30.8 Å². The highest BCUT2D eigenvalue weighted by molar-refractivity contribution is 6.31. The molecule has 2 N–H and O–H groups in total. The number of carbonyl (C=O) groups excluding carboxylic acids is 3. The van der Waals surface area contributed by atoms with E-state index in [4.69, 9.17) is 11.6 Å². The molecule has 1 fully saturated rings. The van der Waals surface area contributed by atoms with Gasteiger partial charge in [-0.25, -0.2) is 13.8 Å². The third-order valence-corrected chi connectivity index (χ3v) is 6.86. The molecule has 1 atom stereocenters. The Morgan fingerprint density at radius 3 is 2.41 bits per heavy atom. The normalized spacial score (nSPS) is 14.0. The van der Waals surface area contributed by atoms with E-state index in [9.17, 15) is 23.2 Å². The van der Waals surface area contributed by atoms with Crippen molar-refractivity contribution in [1.82, 2.24) is 10.3 Å². The van der Waals surface area contributed by atoms with Crippen LogP contribution in [0.15, 0.2) is 66.9 Å². The highest BCUT2D eigenvalue weighted by Crippen LogP contribution is 2.32. The van der Waals surface area contributed by atoms with Gasteiger partial charge in [-0.15, -0.1) is 0 Å². The number of aromatic nitrogens is 1. The number of hydrogen-bond acceptors (Lipinski definition) is 4. The van der Waals surface area contributed by atoms with Crippen molar-refractivity contribution in [3.63, 3.8) is 0 Å². The first-order chi connectivity index (χ1) is 18.8. The third-order valence-electron chi connectivity index (χ3n) is 6.57. The van der Waals surface area contributed by atoms with Crippen LogP contribution in [0.5, 0.6) is 0 Å². The SMILES string of the molecule is O=C(CCCC(=O)N(c1ccc(F)c(Cl)c1)C(C(=O)NC1CCCC1)c1ccc(F)cc1)Nc1ccccn1. The van der Waals surface area contributed by atoms with Crippen LogP contribution in [0.3, 0.4) is 0 Å².